The van der Waals surface area contributed by atoms with Crippen molar-refractivity contribution in [2.24, 2.45) is 0 Å². The van der Waals surface area contributed by atoms with E-state index >= 15 is 0 Å². The summed E-state index contributed by atoms with van der Waals surface area (Å²) in [6.45, 7) is 2.56. The predicted octanol–water partition coefficient (Wildman–Crippen LogP) is 1.14. The Labute approximate surface area is 94.4 Å². The molecule has 0 unspecified atom stereocenters. The van der Waals surface area contributed by atoms with E-state index < -0.39 is 12.0 Å². The summed E-state index contributed by atoms with van der Waals surface area (Å²) < 4.78 is 5.23. The van der Waals surface area contributed by atoms with Gasteiger partial charge in [0.25, 0.3) is 0 Å². The molecule has 0 aromatic heterocycles. The summed E-state index contributed by atoms with van der Waals surface area (Å²) in [6.07, 6.45) is 0. The van der Waals surface area contributed by atoms with Crippen LogP contribution in [0.1, 0.15) is 11.6 Å². The highest BCUT2D eigenvalue weighted by molar-refractivity contribution is 5.75. The van der Waals surface area contributed by atoms with Crippen LogP contribution in [-0.4, -0.2) is 42.3 Å². The molecule has 2 rings (SSSR count). The summed E-state index contributed by atoms with van der Waals surface area (Å²) in [5, 5.41) is 9.30. The molecule has 86 valence electrons. The van der Waals surface area contributed by atoms with Crippen LogP contribution < -0.4 is 0 Å². The van der Waals surface area contributed by atoms with Gasteiger partial charge in [-0.1, -0.05) is 30.3 Å². The Balaban J connectivity index is 2.20. The molecule has 0 amide bonds. The number of benzene rings is 1. The zero-order valence-electron chi connectivity index (χ0n) is 9.00. The Hall–Kier alpha value is -1.39. The summed E-state index contributed by atoms with van der Waals surface area (Å²) in [5.41, 5.74) is 0.830. The van der Waals surface area contributed by atoms with E-state index in [1.165, 1.54) is 0 Å². The number of morpholine rings is 1. The summed E-state index contributed by atoms with van der Waals surface area (Å²) in [6, 6.07) is 8.78. The minimum Gasteiger partial charge on any atom is -0.480 e. The summed E-state index contributed by atoms with van der Waals surface area (Å²) in [4.78, 5) is 13.3. The van der Waals surface area contributed by atoms with Crippen LogP contribution in [0, 0.1) is 0 Å². The molecule has 0 radical (unpaired) electrons. The van der Waals surface area contributed by atoms with Crippen molar-refractivity contribution in [3.8, 4) is 0 Å². The SMILES string of the molecule is O=C(O)[C@@H](c1ccccc1)N1CCOCC1. The molecule has 0 bridgehead atoms. The lowest BCUT2D eigenvalue weighted by molar-refractivity contribution is -0.145. The van der Waals surface area contributed by atoms with Gasteiger partial charge < -0.3 is 9.84 Å². The second kappa shape index (κ2) is 5.09. The van der Waals surface area contributed by atoms with E-state index in [0.29, 0.717) is 26.3 Å². The average molecular weight is 221 g/mol. The maximum atomic E-state index is 11.3. The number of carboxylic acid groups (broad SMARTS) is 1. The Morgan fingerprint density at radius 3 is 2.44 bits per heavy atom. The third-order valence-corrected chi connectivity index (χ3v) is 2.76. The Kier molecular flexibility index (Phi) is 3.54. The Morgan fingerprint density at radius 2 is 1.88 bits per heavy atom. The second-order valence-electron chi connectivity index (χ2n) is 3.80. The molecule has 0 aliphatic carbocycles. The van der Waals surface area contributed by atoms with Crippen molar-refractivity contribution in [1.82, 2.24) is 4.90 Å². The Morgan fingerprint density at radius 1 is 1.25 bits per heavy atom. The van der Waals surface area contributed by atoms with Gasteiger partial charge in [0.15, 0.2) is 0 Å². The number of nitrogens with zero attached hydrogens (tertiary/aromatic N) is 1. The van der Waals surface area contributed by atoms with Gasteiger partial charge in [-0.2, -0.15) is 0 Å². The standard InChI is InChI=1S/C12H15NO3/c14-12(15)11(10-4-2-1-3-5-10)13-6-8-16-9-7-13/h1-5,11H,6-9H2,(H,14,15)/t11-/m1/s1. The van der Waals surface area contributed by atoms with E-state index in [9.17, 15) is 9.90 Å². The van der Waals surface area contributed by atoms with Gasteiger partial charge in [0.1, 0.15) is 6.04 Å². The Bertz CT molecular complexity index is 347. The van der Waals surface area contributed by atoms with Gasteiger partial charge in [0.2, 0.25) is 0 Å². The lowest BCUT2D eigenvalue weighted by Crippen LogP contribution is -2.42. The van der Waals surface area contributed by atoms with E-state index in [0.717, 1.165) is 5.56 Å². The predicted molar refractivity (Wildman–Crippen MR) is 59.2 cm³/mol. The molecule has 1 aliphatic heterocycles. The van der Waals surface area contributed by atoms with Gasteiger partial charge in [-0.05, 0) is 5.56 Å². The monoisotopic (exact) mass is 221 g/mol. The number of hydrogen-bond acceptors (Lipinski definition) is 3. The van der Waals surface area contributed by atoms with Crippen LogP contribution in [0.3, 0.4) is 0 Å². The van der Waals surface area contributed by atoms with Crippen LogP contribution in [-0.2, 0) is 9.53 Å². The topological polar surface area (TPSA) is 49.8 Å². The molecule has 1 aromatic carbocycles. The third kappa shape index (κ3) is 2.40. The summed E-state index contributed by atoms with van der Waals surface area (Å²) in [5.74, 6) is -0.798. The van der Waals surface area contributed by atoms with Crippen molar-refractivity contribution in [1.29, 1.82) is 0 Å². The van der Waals surface area contributed by atoms with Gasteiger partial charge in [0.05, 0.1) is 13.2 Å². The number of ether oxygens (including phenoxy) is 1. The maximum absolute atomic E-state index is 11.3. The van der Waals surface area contributed by atoms with Crippen molar-refractivity contribution < 1.29 is 14.6 Å². The molecule has 1 aliphatic rings. The lowest BCUT2D eigenvalue weighted by atomic mass is 10.1. The zero-order valence-corrected chi connectivity index (χ0v) is 9.00. The third-order valence-electron chi connectivity index (χ3n) is 2.76. The smallest absolute Gasteiger partial charge is 0.325 e. The number of hydrogen-bond donors (Lipinski definition) is 1. The number of carboxylic acids is 1. The van der Waals surface area contributed by atoms with E-state index in [1.54, 1.807) is 0 Å². The van der Waals surface area contributed by atoms with Crippen molar-refractivity contribution in [3.05, 3.63) is 35.9 Å². The fourth-order valence-electron chi connectivity index (χ4n) is 1.98. The molecule has 1 saturated heterocycles. The highest BCUT2D eigenvalue weighted by atomic mass is 16.5. The average Bonchev–Trinajstić information content (AvgIpc) is 2.31. The molecule has 1 aromatic rings. The van der Waals surface area contributed by atoms with Crippen LogP contribution in [0.4, 0.5) is 0 Å². The lowest BCUT2D eigenvalue weighted by Gasteiger charge is -2.32. The van der Waals surface area contributed by atoms with Crippen LogP contribution in [0.15, 0.2) is 30.3 Å². The summed E-state index contributed by atoms with van der Waals surface area (Å²) >= 11 is 0. The molecule has 1 fully saturated rings. The molecular formula is C12H15NO3. The van der Waals surface area contributed by atoms with E-state index in [-0.39, 0.29) is 0 Å². The maximum Gasteiger partial charge on any atom is 0.325 e. The zero-order chi connectivity index (χ0) is 11.4. The normalized spacial score (nSPS) is 19.2. The minimum atomic E-state index is -0.798. The largest absolute Gasteiger partial charge is 0.480 e. The number of rotatable bonds is 3. The first-order valence-electron chi connectivity index (χ1n) is 5.38. The fourth-order valence-corrected chi connectivity index (χ4v) is 1.98. The van der Waals surface area contributed by atoms with Crippen LogP contribution in [0.25, 0.3) is 0 Å². The van der Waals surface area contributed by atoms with Gasteiger partial charge >= 0.3 is 5.97 Å². The van der Waals surface area contributed by atoms with E-state index in [1.807, 2.05) is 35.2 Å². The second-order valence-corrected chi connectivity index (χ2v) is 3.80. The fraction of sp³-hybridized carbons (Fsp3) is 0.417. The minimum absolute atomic E-state index is 0.551. The van der Waals surface area contributed by atoms with Gasteiger partial charge in [0, 0.05) is 13.1 Å². The first-order chi connectivity index (χ1) is 7.79. The van der Waals surface area contributed by atoms with Crippen molar-refractivity contribution in [2.75, 3.05) is 26.3 Å². The van der Waals surface area contributed by atoms with Crippen molar-refractivity contribution in [2.45, 2.75) is 6.04 Å². The molecule has 0 saturated carbocycles. The van der Waals surface area contributed by atoms with Crippen LogP contribution in [0.2, 0.25) is 0 Å². The highest BCUT2D eigenvalue weighted by Crippen LogP contribution is 2.21. The first kappa shape index (κ1) is 11.1. The molecule has 1 N–H and O–H groups in total. The van der Waals surface area contributed by atoms with Gasteiger partial charge in [-0.25, -0.2) is 0 Å². The molecule has 1 heterocycles. The quantitative estimate of drug-likeness (QED) is 0.831. The molecule has 0 spiro atoms. The van der Waals surface area contributed by atoms with Crippen molar-refractivity contribution in [3.63, 3.8) is 0 Å². The van der Waals surface area contributed by atoms with Gasteiger partial charge in [-0.3, -0.25) is 9.69 Å². The van der Waals surface area contributed by atoms with E-state index in [4.69, 9.17) is 4.74 Å². The number of carbonyl (C=O) groups is 1. The molecule has 1 atom stereocenters. The van der Waals surface area contributed by atoms with Crippen molar-refractivity contribution >= 4 is 5.97 Å². The van der Waals surface area contributed by atoms with E-state index in [2.05, 4.69) is 0 Å². The molecule has 4 nitrogen and oxygen atoms in total. The first-order valence-corrected chi connectivity index (χ1v) is 5.38. The highest BCUT2D eigenvalue weighted by Gasteiger charge is 2.28. The van der Waals surface area contributed by atoms with Crippen LogP contribution in [0.5, 0.6) is 0 Å². The molecule has 16 heavy (non-hydrogen) atoms. The van der Waals surface area contributed by atoms with Crippen LogP contribution >= 0.6 is 0 Å². The molecule has 4 heteroatoms. The summed E-state index contributed by atoms with van der Waals surface area (Å²) in [7, 11) is 0. The van der Waals surface area contributed by atoms with Gasteiger partial charge in [-0.15, -0.1) is 0 Å². The molecular weight excluding hydrogens is 206 g/mol. The number of aliphatic carboxylic acids is 1.